The third-order valence-electron chi connectivity index (χ3n) is 4.43. The maximum Gasteiger partial charge on any atom is 0.107 e. The van der Waals surface area contributed by atoms with E-state index >= 15 is 0 Å². The van der Waals surface area contributed by atoms with Crippen LogP contribution in [0.5, 0.6) is 0 Å². The lowest BCUT2D eigenvalue weighted by Gasteiger charge is -2.35. The van der Waals surface area contributed by atoms with Crippen LogP contribution in [0.15, 0.2) is 5.38 Å². The van der Waals surface area contributed by atoms with Gasteiger partial charge >= 0.3 is 0 Å². The van der Waals surface area contributed by atoms with Gasteiger partial charge in [-0.3, -0.25) is 4.90 Å². The smallest absolute Gasteiger partial charge is 0.107 e. The molecule has 0 atom stereocenters. The molecule has 1 aliphatic rings. The summed E-state index contributed by atoms with van der Waals surface area (Å²) in [6.45, 7) is 11.2. The second-order valence-corrected chi connectivity index (χ2v) is 8.36. The summed E-state index contributed by atoms with van der Waals surface area (Å²) >= 11 is 1.82. The topological polar surface area (TPSA) is 42.2 Å². The van der Waals surface area contributed by atoms with Crippen molar-refractivity contribution < 1.29 is 0 Å². The minimum Gasteiger partial charge on any atom is -0.328 e. The summed E-state index contributed by atoms with van der Waals surface area (Å²) < 4.78 is 0. The molecule has 0 bridgehead atoms. The molecule has 0 saturated heterocycles. The summed E-state index contributed by atoms with van der Waals surface area (Å²) in [7, 11) is 0. The van der Waals surface area contributed by atoms with Crippen molar-refractivity contribution in [2.75, 3.05) is 6.54 Å². The van der Waals surface area contributed by atoms with Gasteiger partial charge in [0.25, 0.3) is 0 Å². The van der Waals surface area contributed by atoms with E-state index in [1.54, 1.807) is 0 Å². The molecular formula is C17H31N3S. The maximum atomic E-state index is 6.05. The van der Waals surface area contributed by atoms with Gasteiger partial charge in [-0.2, -0.15) is 0 Å². The highest BCUT2D eigenvalue weighted by Gasteiger charge is 2.25. The zero-order valence-electron chi connectivity index (χ0n) is 14.1. The van der Waals surface area contributed by atoms with Crippen LogP contribution in [0.2, 0.25) is 0 Å². The molecule has 3 nitrogen and oxygen atoms in total. The summed E-state index contributed by atoms with van der Waals surface area (Å²) in [6.07, 6.45) is 6.06. The molecule has 0 aromatic carbocycles. The number of nitrogens with zero attached hydrogens (tertiary/aromatic N) is 2. The molecule has 1 fully saturated rings. The van der Waals surface area contributed by atoms with Crippen LogP contribution in [-0.2, 0) is 12.0 Å². The molecule has 120 valence electrons. The highest BCUT2D eigenvalue weighted by Crippen LogP contribution is 2.27. The van der Waals surface area contributed by atoms with E-state index in [1.165, 1.54) is 49.4 Å². The van der Waals surface area contributed by atoms with Crippen molar-refractivity contribution in [3.8, 4) is 0 Å². The monoisotopic (exact) mass is 309 g/mol. The van der Waals surface area contributed by atoms with Crippen molar-refractivity contribution in [3.63, 3.8) is 0 Å². The molecule has 4 heteroatoms. The van der Waals surface area contributed by atoms with Crippen LogP contribution in [0, 0.1) is 0 Å². The van der Waals surface area contributed by atoms with E-state index in [0.717, 1.165) is 6.54 Å². The molecule has 0 amide bonds. The van der Waals surface area contributed by atoms with Gasteiger partial charge in [-0.1, -0.05) is 27.7 Å². The van der Waals surface area contributed by atoms with Crippen molar-refractivity contribution in [1.82, 2.24) is 9.88 Å². The Morgan fingerprint density at radius 2 is 1.95 bits per heavy atom. The Kier molecular flexibility index (Phi) is 5.81. The molecule has 1 aliphatic carbocycles. The third kappa shape index (κ3) is 4.76. The van der Waals surface area contributed by atoms with Crippen LogP contribution in [0.1, 0.15) is 70.5 Å². The molecule has 1 heterocycles. The van der Waals surface area contributed by atoms with Gasteiger partial charge in [0.2, 0.25) is 0 Å². The Balaban J connectivity index is 2.00. The lowest BCUT2D eigenvalue weighted by atomic mass is 9.90. The van der Waals surface area contributed by atoms with Crippen molar-refractivity contribution >= 4 is 11.3 Å². The van der Waals surface area contributed by atoms with Gasteiger partial charge < -0.3 is 5.73 Å². The number of hydrogen-bond acceptors (Lipinski definition) is 4. The molecule has 1 aromatic heterocycles. The number of thiazole rings is 1. The summed E-state index contributed by atoms with van der Waals surface area (Å²) in [6, 6.07) is 1.13. The zero-order chi connectivity index (χ0) is 15.5. The number of hydrogen-bond donors (Lipinski definition) is 1. The number of nitrogens with two attached hydrogens (primary N) is 1. The largest absolute Gasteiger partial charge is 0.328 e. The summed E-state index contributed by atoms with van der Waals surface area (Å²) in [4.78, 5) is 7.50. The van der Waals surface area contributed by atoms with Crippen LogP contribution < -0.4 is 5.73 Å². The molecule has 1 saturated carbocycles. The van der Waals surface area contributed by atoms with E-state index in [4.69, 9.17) is 10.7 Å². The maximum absolute atomic E-state index is 6.05. The number of aromatic nitrogens is 1. The highest BCUT2D eigenvalue weighted by molar-refractivity contribution is 7.09. The second kappa shape index (κ2) is 7.21. The fraction of sp³-hybridized carbons (Fsp3) is 0.824. The molecule has 2 rings (SSSR count). The Bertz CT molecular complexity index is 427. The lowest BCUT2D eigenvalue weighted by Crippen LogP contribution is -2.40. The van der Waals surface area contributed by atoms with E-state index in [2.05, 4.69) is 38.0 Å². The molecule has 0 spiro atoms. The van der Waals surface area contributed by atoms with Crippen LogP contribution in [-0.4, -0.2) is 28.5 Å². The van der Waals surface area contributed by atoms with Gasteiger partial charge in [0, 0.05) is 22.9 Å². The van der Waals surface area contributed by atoms with Gasteiger partial charge in [-0.15, -0.1) is 11.3 Å². The average molecular weight is 310 g/mol. The van der Waals surface area contributed by atoms with E-state index in [1.807, 2.05) is 11.3 Å². The predicted molar refractivity (Wildman–Crippen MR) is 91.7 cm³/mol. The summed E-state index contributed by atoms with van der Waals surface area (Å²) in [5.41, 5.74) is 7.43. The first-order valence-electron chi connectivity index (χ1n) is 8.34. The summed E-state index contributed by atoms with van der Waals surface area (Å²) in [5, 5.41) is 3.50. The average Bonchev–Trinajstić information content (AvgIpc) is 2.88. The SMILES string of the molecule is CCCN(Cc1nc(C(C)(C)C)cs1)C1CCC(N)CC1. The molecule has 0 radical (unpaired) electrons. The Morgan fingerprint density at radius 1 is 1.29 bits per heavy atom. The second-order valence-electron chi connectivity index (χ2n) is 7.42. The van der Waals surface area contributed by atoms with Crippen molar-refractivity contribution in [3.05, 3.63) is 16.1 Å². The molecular weight excluding hydrogens is 278 g/mol. The molecule has 0 aliphatic heterocycles. The van der Waals surface area contributed by atoms with Gasteiger partial charge in [0.1, 0.15) is 5.01 Å². The van der Waals surface area contributed by atoms with Gasteiger partial charge in [-0.05, 0) is 38.6 Å². The fourth-order valence-corrected chi connectivity index (χ4v) is 4.09. The number of rotatable bonds is 5. The van der Waals surface area contributed by atoms with Crippen molar-refractivity contribution in [2.24, 2.45) is 5.73 Å². The Morgan fingerprint density at radius 3 is 2.48 bits per heavy atom. The first-order chi connectivity index (χ1) is 9.90. The minimum absolute atomic E-state index is 0.155. The van der Waals surface area contributed by atoms with Crippen LogP contribution >= 0.6 is 11.3 Å². The first kappa shape index (κ1) is 16.9. The fourth-order valence-electron chi connectivity index (χ4n) is 3.05. The summed E-state index contributed by atoms with van der Waals surface area (Å²) in [5.74, 6) is 0. The third-order valence-corrected chi connectivity index (χ3v) is 5.26. The van der Waals surface area contributed by atoms with E-state index in [9.17, 15) is 0 Å². The van der Waals surface area contributed by atoms with Crippen LogP contribution in [0.25, 0.3) is 0 Å². The van der Waals surface area contributed by atoms with Crippen molar-refractivity contribution in [1.29, 1.82) is 0 Å². The molecule has 0 unspecified atom stereocenters. The lowest BCUT2D eigenvalue weighted by molar-refractivity contribution is 0.142. The molecule has 21 heavy (non-hydrogen) atoms. The Hall–Kier alpha value is -0.450. The van der Waals surface area contributed by atoms with Crippen LogP contribution in [0.3, 0.4) is 0 Å². The van der Waals surface area contributed by atoms with Crippen molar-refractivity contribution in [2.45, 2.75) is 83.8 Å². The molecule has 2 N–H and O–H groups in total. The van der Waals surface area contributed by atoms with Gasteiger partial charge in [-0.25, -0.2) is 4.98 Å². The highest BCUT2D eigenvalue weighted by atomic mass is 32.1. The minimum atomic E-state index is 0.155. The van der Waals surface area contributed by atoms with Gasteiger partial charge in [0.15, 0.2) is 0 Å². The first-order valence-corrected chi connectivity index (χ1v) is 9.22. The standard InChI is InChI=1S/C17H31N3S/c1-5-10-20(14-8-6-13(18)7-9-14)11-16-19-15(12-21-16)17(2,3)4/h12-14H,5-11,18H2,1-4H3. The van der Waals surface area contributed by atoms with Gasteiger partial charge in [0.05, 0.1) is 12.2 Å². The van der Waals surface area contributed by atoms with E-state index in [-0.39, 0.29) is 5.41 Å². The molecule has 1 aromatic rings. The Labute approximate surface area is 133 Å². The normalized spacial score (nSPS) is 23.7. The zero-order valence-corrected chi connectivity index (χ0v) is 14.9. The van der Waals surface area contributed by atoms with Crippen LogP contribution in [0.4, 0.5) is 0 Å². The predicted octanol–water partition coefficient (Wildman–Crippen LogP) is 3.92. The quantitative estimate of drug-likeness (QED) is 0.896. The van der Waals surface area contributed by atoms with E-state index in [0.29, 0.717) is 12.1 Å². The van der Waals surface area contributed by atoms with E-state index < -0.39 is 0 Å².